The van der Waals surface area contributed by atoms with Crippen LogP contribution in [0.15, 0.2) is 22.7 Å². The van der Waals surface area contributed by atoms with Crippen molar-refractivity contribution in [2.75, 3.05) is 12.1 Å². The van der Waals surface area contributed by atoms with Gasteiger partial charge in [0.15, 0.2) is 11.5 Å². The summed E-state index contributed by atoms with van der Waals surface area (Å²) in [6, 6.07) is 4.30. The fourth-order valence-corrected chi connectivity index (χ4v) is 2.71. The topological polar surface area (TPSA) is 109 Å². The van der Waals surface area contributed by atoms with Crippen molar-refractivity contribution < 1.29 is 19.2 Å². The molecule has 0 spiro atoms. The zero-order chi connectivity index (χ0) is 17.4. The Bertz CT molecular complexity index is 835. The van der Waals surface area contributed by atoms with Gasteiger partial charge in [0.25, 0.3) is 5.91 Å². The predicted octanol–water partition coefficient (Wildman–Crippen LogP) is 2.79. The second-order valence-electron chi connectivity index (χ2n) is 5.16. The molecule has 1 N–H and O–H groups in total. The van der Waals surface area contributed by atoms with Gasteiger partial charge in [-0.05, 0) is 46.8 Å². The zero-order valence-electron chi connectivity index (χ0n) is 12.8. The highest BCUT2D eigenvalue weighted by Crippen LogP contribution is 2.34. The maximum Gasteiger partial charge on any atom is 0.404 e. The number of nitrogens with zero attached hydrogens (tertiary/aromatic N) is 3. The minimum Gasteiger partial charge on any atom is -0.454 e. The Morgan fingerprint density at radius 3 is 2.83 bits per heavy atom. The number of nitro groups is 1. The molecular formula is C14H13BrN4O5. The third-order valence-electron chi connectivity index (χ3n) is 3.62. The summed E-state index contributed by atoms with van der Waals surface area (Å²) in [5.41, 5.74) is 1.03. The molecule has 1 aliphatic heterocycles. The molecule has 0 bridgehead atoms. The molecule has 1 atom stereocenters. The monoisotopic (exact) mass is 396 g/mol. The molecule has 10 heteroatoms. The minimum atomic E-state index is -0.736. The SMILES string of the molecule is Cc1c(Br)c([N+](=O)[O-])nn1[C@H](C)C(=O)Nc1ccc2c(c1)OCO2. The van der Waals surface area contributed by atoms with Crippen molar-refractivity contribution >= 4 is 33.3 Å². The minimum absolute atomic E-state index is 0.146. The number of anilines is 1. The van der Waals surface area contributed by atoms with Crippen LogP contribution in [-0.4, -0.2) is 27.4 Å². The second kappa shape index (κ2) is 6.11. The number of carbonyl (C=O) groups excluding carboxylic acids is 1. The Morgan fingerprint density at radius 2 is 2.17 bits per heavy atom. The van der Waals surface area contributed by atoms with E-state index < -0.39 is 11.0 Å². The van der Waals surface area contributed by atoms with Crippen molar-refractivity contribution in [3.8, 4) is 11.5 Å². The van der Waals surface area contributed by atoms with Crippen molar-refractivity contribution in [1.29, 1.82) is 0 Å². The van der Waals surface area contributed by atoms with Crippen LogP contribution in [0.2, 0.25) is 0 Å². The van der Waals surface area contributed by atoms with Gasteiger partial charge in [-0.3, -0.25) is 4.79 Å². The van der Waals surface area contributed by atoms with Crippen LogP contribution in [0.25, 0.3) is 0 Å². The summed E-state index contributed by atoms with van der Waals surface area (Å²) in [6.45, 7) is 3.40. The maximum atomic E-state index is 12.4. The van der Waals surface area contributed by atoms with E-state index in [-0.39, 0.29) is 23.0 Å². The summed E-state index contributed by atoms with van der Waals surface area (Å²) in [4.78, 5) is 22.8. The standard InChI is InChI=1S/C14H13BrN4O5/c1-7-12(15)13(19(21)22)17-18(7)8(2)14(20)16-9-3-4-10-11(5-9)24-6-23-10/h3-5,8H,6H2,1-2H3,(H,16,20)/t8-/m1/s1. The number of nitrogens with one attached hydrogen (secondary N) is 1. The van der Waals surface area contributed by atoms with Gasteiger partial charge in [-0.2, -0.15) is 4.68 Å². The van der Waals surface area contributed by atoms with E-state index in [4.69, 9.17) is 9.47 Å². The number of aromatic nitrogens is 2. The molecule has 1 aliphatic rings. The highest BCUT2D eigenvalue weighted by atomic mass is 79.9. The van der Waals surface area contributed by atoms with Gasteiger partial charge in [0, 0.05) is 11.8 Å². The van der Waals surface area contributed by atoms with Crippen LogP contribution in [0.1, 0.15) is 18.7 Å². The molecule has 9 nitrogen and oxygen atoms in total. The van der Waals surface area contributed by atoms with Crippen molar-refractivity contribution in [1.82, 2.24) is 9.78 Å². The molecule has 2 heterocycles. The lowest BCUT2D eigenvalue weighted by Crippen LogP contribution is -2.25. The molecule has 0 aliphatic carbocycles. The van der Waals surface area contributed by atoms with Crippen LogP contribution in [-0.2, 0) is 4.79 Å². The number of rotatable bonds is 4. The molecule has 0 saturated carbocycles. The predicted molar refractivity (Wildman–Crippen MR) is 87.2 cm³/mol. The normalized spacial score (nSPS) is 13.6. The largest absolute Gasteiger partial charge is 0.454 e. The van der Waals surface area contributed by atoms with Crippen molar-refractivity contribution in [3.63, 3.8) is 0 Å². The Balaban J connectivity index is 1.80. The van der Waals surface area contributed by atoms with Gasteiger partial charge in [0.05, 0.1) is 10.8 Å². The van der Waals surface area contributed by atoms with Crippen LogP contribution in [0, 0.1) is 17.0 Å². The summed E-state index contributed by atoms with van der Waals surface area (Å²) in [7, 11) is 0. The van der Waals surface area contributed by atoms with Crippen molar-refractivity contribution in [3.05, 3.63) is 38.5 Å². The van der Waals surface area contributed by atoms with E-state index in [2.05, 4.69) is 26.3 Å². The number of benzene rings is 1. The first-order chi connectivity index (χ1) is 11.4. The van der Waals surface area contributed by atoms with Gasteiger partial charge in [-0.25, -0.2) is 0 Å². The molecule has 3 rings (SSSR count). The Morgan fingerprint density at radius 1 is 1.46 bits per heavy atom. The third-order valence-corrected chi connectivity index (χ3v) is 4.55. The van der Waals surface area contributed by atoms with Gasteiger partial charge in [-0.15, -0.1) is 0 Å². The lowest BCUT2D eigenvalue weighted by atomic mass is 10.2. The molecule has 0 saturated heterocycles. The van der Waals surface area contributed by atoms with E-state index >= 15 is 0 Å². The van der Waals surface area contributed by atoms with Crippen LogP contribution in [0.3, 0.4) is 0 Å². The molecule has 1 amide bonds. The summed E-state index contributed by atoms with van der Waals surface area (Å²) in [5, 5.41) is 17.6. The van der Waals surface area contributed by atoms with Gasteiger partial charge < -0.3 is 24.9 Å². The maximum absolute atomic E-state index is 12.4. The Kier molecular flexibility index (Phi) is 4.14. The summed E-state index contributed by atoms with van der Waals surface area (Å²) in [5.74, 6) is 0.481. The van der Waals surface area contributed by atoms with Crippen LogP contribution in [0.5, 0.6) is 11.5 Å². The van der Waals surface area contributed by atoms with E-state index in [1.807, 2.05) is 0 Å². The average Bonchev–Trinajstić information content (AvgIpc) is 3.12. The Labute approximate surface area is 144 Å². The zero-order valence-corrected chi connectivity index (χ0v) is 14.4. The van der Waals surface area contributed by atoms with E-state index in [0.29, 0.717) is 22.9 Å². The summed E-state index contributed by atoms with van der Waals surface area (Å²) >= 11 is 3.13. The first-order valence-corrected chi connectivity index (χ1v) is 7.77. The molecule has 0 fully saturated rings. The van der Waals surface area contributed by atoms with Crippen molar-refractivity contribution in [2.45, 2.75) is 19.9 Å². The summed E-state index contributed by atoms with van der Waals surface area (Å²) in [6.07, 6.45) is 0. The van der Waals surface area contributed by atoms with E-state index in [1.165, 1.54) is 4.68 Å². The second-order valence-corrected chi connectivity index (χ2v) is 5.95. The fourth-order valence-electron chi connectivity index (χ4n) is 2.31. The van der Waals surface area contributed by atoms with Crippen LogP contribution < -0.4 is 14.8 Å². The molecular weight excluding hydrogens is 384 g/mol. The van der Waals surface area contributed by atoms with E-state index in [1.54, 1.807) is 32.0 Å². The highest BCUT2D eigenvalue weighted by Gasteiger charge is 2.29. The number of hydrogen-bond donors (Lipinski definition) is 1. The van der Waals surface area contributed by atoms with Gasteiger partial charge in [0.1, 0.15) is 10.5 Å². The van der Waals surface area contributed by atoms with Crippen LogP contribution in [0.4, 0.5) is 11.5 Å². The molecule has 126 valence electrons. The lowest BCUT2D eigenvalue weighted by molar-refractivity contribution is -0.390. The van der Waals surface area contributed by atoms with Gasteiger partial charge in [0.2, 0.25) is 6.79 Å². The number of carbonyl (C=O) groups is 1. The first-order valence-electron chi connectivity index (χ1n) is 6.98. The highest BCUT2D eigenvalue weighted by molar-refractivity contribution is 9.10. The number of fused-ring (bicyclic) bond motifs is 1. The summed E-state index contributed by atoms with van der Waals surface area (Å²) < 4.78 is 12.0. The average molecular weight is 397 g/mol. The molecule has 0 radical (unpaired) electrons. The molecule has 2 aromatic rings. The molecule has 0 unspecified atom stereocenters. The van der Waals surface area contributed by atoms with E-state index in [9.17, 15) is 14.9 Å². The van der Waals surface area contributed by atoms with E-state index in [0.717, 1.165) is 0 Å². The number of amides is 1. The van der Waals surface area contributed by atoms with Gasteiger partial charge in [-0.1, -0.05) is 0 Å². The first kappa shape index (κ1) is 16.2. The molecule has 1 aromatic carbocycles. The smallest absolute Gasteiger partial charge is 0.404 e. The fraction of sp³-hybridized carbons (Fsp3) is 0.286. The quantitative estimate of drug-likeness (QED) is 0.628. The lowest BCUT2D eigenvalue weighted by Gasteiger charge is -2.12. The van der Waals surface area contributed by atoms with Gasteiger partial charge >= 0.3 is 5.82 Å². The number of hydrogen-bond acceptors (Lipinski definition) is 6. The number of halogens is 1. The molecule has 1 aromatic heterocycles. The van der Waals surface area contributed by atoms with Crippen molar-refractivity contribution in [2.24, 2.45) is 0 Å². The Hall–Kier alpha value is -2.62. The molecule has 24 heavy (non-hydrogen) atoms. The van der Waals surface area contributed by atoms with Crippen LogP contribution >= 0.6 is 15.9 Å². The number of ether oxygens (including phenoxy) is 2. The third kappa shape index (κ3) is 2.80.